The molecule has 0 spiro atoms. The van der Waals surface area contributed by atoms with Gasteiger partial charge in [0, 0.05) is 17.9 Å². The largest absolute Gasteiger partial charge is 0.393 e. The molecule has 0 unspecified atom stereocenters. The number of aromatic nitrogens is 1. The van der Waals surface area contributed by atoms with Crippen LogP contribution in [0.2, 0.25) is 5.02 Å². The van der Waals surface area contributed by atoms with E-state index in [4.69, 9.17) is 17.3 Å². The van der Waals surface area contributed by atoms with E-state index < -0.39 is 0 Å². The summed E-state index contributed by atoms with van der Waals surface area (Å²) in [6, 6.07) is 1.88. The third-order valence-electron chi connectivity index (χ3n) is 3.16. The summed E-state index contributed by atoms with van der Waals surface area (Å²) in [5.41, 5.74) is 6.88. The molecule has 0 bridgehead atoms. The molecule has 1 heterocycles. The van der Waals surface area contributed by atoms with Gasteiger partial charge in [0.25, 0.3) is 0 Å². The smallest absolute Gasteiger partial charge is 0.0639 e. The van der Waals surface area contributed by atoms with Gasteiger partial charge in [-0.15, -0.1) is 0 Å². The predicted octanol–water partition coefficient (Wildman–Crippen LogP) is 1.82. The summed E-state index contributed by atoms with van der Waals surface area (Å²) < 4.78 is 0. The highest BCUT2D eigenvalue weighted by Gasteiger charge is 2.33. The second-order valence-electron chi connectivity index (χ2n) is 4.24. The van der Waals surface area contributed by atoms with Gasteiger partial charge in [0.2, 0.25) is 0 Å². The molecular formula is C11H15ClN2O. The first-order chi connectivity index (χ1) is 7.12. The highest BCUT2D eigenvalue weighted by atomic mass is 35.5. The van der Waals surface area contributed by atoms with E-state index in [1.165, 1.54) is 0 Å². The van der Waals surface area contributed by atoms with Crippen LogP contribution in [0.1, 0.15) is 31.2 Å². The van der Waals surface area contributed by atoms with Gasteiger partial charge in [-0.05, 0) is 37.3 Å². The van der Waals surface area contributed by atoms with Crippen LogP contribution in [0.5, 0.6) is 0 Å². The minimum absolute atomic E-state index is 0.206. The van der Waals surface area contributed by atoms with E-state index in [0.29, 0.717) is 5.02 Å². The fraction of sp³-hybridized carbons (Fsp3) is 0.545. The highest BCUT2D eigenvalue weighted by molar-refractivity contribution is 6.31. The predicted molar refractivity (Wildman–Crippen MR) is 59.6 cm³/mol. The Labute approximate surface area is 94.3 Å². The molecule has 0 aromatic carbocycles. The summed E-state index contributed by atoms with van der Waals surface area (Å²) >= 11 is 6.08. The average molecular weight is 227 g/mol. The van der Waals surface area contributed by atoms with Crippen molar-refractivity contribution in [1.29, 1.82) is 0 Å². The Morgan fingerprint density at radius 2 is 2.13 bits per heavy atom. The molecular weight excluding hydrogens is 212 g/mol. The van der Waals surface area contributed by atoms with Crippen LogP contribution < -0.4 is 5.73 Å². The van der Waals surface area contributed by atoms with E-state index in [-0.39, 0.29) is 11.6 Å². The molecule has 1 saturated carbocycles. The zero-order valence-electron chi connectivity index (χ0n) is 8.49. The Bertz CT molecular complexity index is 348. The fourth-order valence-electron chi connectivity index (χ4n) is 2.17. The molecule has 1 fully saturated rings. The molecule has 15 heavy (non-hydrogen) atoms. The molecule has 0 saturated heterocycles. The maximum absolute atomic E-state index is 9.46. The lowest BCUT2D eigenvalue weighted by atomic mass is 9.77. The molecule has 1 aliphatic carbocycles. The first-order valence-corrected chi connectivity index (χ1v) is 5.56. The van der Waals surface area contributed by atoms with E-state index in [1.807, 2.05) is 6.07 Å². The van der Waals surface area contributed by atoms with Crippen molar-refractivity contribution in [1.82, 2.24) is 4.98 Å². The first kappa shape index (κ1) is 10.9. The van der Waals surface area contributed by atoms with Crippen molar-refractivity contribution in [3.8, 4) is 0 Å². The summed E-state index contributed by atoms with van der Waals surface area (Å²) in [5, 5.41) is 10.1. The Morgan fingerprint density at radius 1 is 1.47 bits per heavy atom. The number of hydrogen-bond acceptors (Lipinski definition) is 3. The summed E-state index contributed by atoms with van der Waals surface area (Å²) in [5.74, 6) is 0. The van der Waals surface area contributed by atoms with Crippen molar-refractivity contribution in [3.63, 3.8) is 0 Å². The third kappa shape index (κ3) is 2.14. The second-order valence-corrected chi connectivity index (χ2v) is 4.65. The van der Waals surface area contributed by atoms with Crippen molar-refractivity contribution in [3.05, 3.63) is 29.0 Å². The maximum atomic E-state index is 9.46. The van der Waals surface area contributed by atoms with Crippen LogP contribution in [0.25, 0.3) is 0 Å². The van der Waals surface area contributed by atoms with Gasteiger partial charge in [0.05, 0.1) is 11.1 Å². The Kier molecular flexibility index (Phi) is 2.96. The van der Waals surface area contributed by atoms with Crippen LogP contribution in [-0.2, 0) is 5.54 Å². The van der Waals surface area contributed by atoms with Crippen LogP contribution in [0.3, 0.4) is 0 Å². The molecule has 82 valence electrons. The van der Waals surface area contributed by atoms with E-state index in [1.54, 1.807) is 12.4 Å². The zero-order valence-corrected chi connectivity index (χ0v) is 9.24. The molecule has 0 amide bonds. The number of aliphatic hydroxyl groups excluding tert-OH is 1. The molecule has 1 aromatic rings. The maximum Gasteiger partial charge on any atom is 0.0639 e. The van der Waals surface area contributed by atoms with Crippen molar-refractivity contribution in [2.75, 3.05) is 0 Å². The Balaban J connectivity index is 2.26. The van der Waals surface area contributed by atoms with Crippen molar-refractivity contribution >= 4 is 11.6 Å². The number of nitrogens with zero attached hydrogens (tertiary/aromatic N) is 1. The quantitative estimate of drug-likeness (QED) is 0.768. The lowest BCUT2D eigenvalue weighted by Crippen LogP contribution is -2.41. The van der Waals surface area contributed by atoms with Gasteiger partial charge in [0.15, 0.2) is 0 Å². The summed E-state index contributed by atoms with van der Waals surface area (Å²) in [6.45, 7) is 0. The molecule has 0 aliphatic heterocycles. The van der Waals surface area contributed by atoms with E-state index >= 15 is 0 Å². The standard InChI is InChI=1S/C11H15ClN2O/c12-10-7-14-6-3-9(10)11(13)4-1-8(15)2-5-11/h3,6-8,15H,1-2,4-5,13H2. The molecule has 3 N–H and O–H groups in total. The van der Waals surface area contributed by atoms with E-state index in [0.717, 1.165) is 31.2 Å². The first-order valence-electron chi connectivity index (χ1n) is 5.19. The Hall–Kier alpha value is -0.640. The van der Waals surface area contributed by atoms with Crippen LogP contribution in [0.15, 0.2) is 18.5 Å². The molecule has 1 aromatic heterocycles. The van der Waals surface area contributed by atoms with Crippen LogP contribution in [-0.4, -0.2) is 16.2 Å². The van der Waals surface area contributed by atoms with Crippen LogP contribution >= 0.6 is 11.6 Å². The number of hydrogen-bond donors (Lipinski definition) is 2. The number of rotatable bonds is 1. The number of halogens is 1. The normalized spacial score (nSPS) is 31.5. The SMILES string of the molecule is NC1(c2ccncc2Cl)CCC(O)CC1. The molecule has 3 nitrogen and oxygen atoms in total. The monoisotopic (exact) mass is 226 g/mol. The van der Waals surface area contributed by atoms with Crippen molar-refractivity contribution < 1.29 is 5.11 Å². The molecule has 2 rings (SSSR count). The number of nitrogens with two attached hydrogens (primary N) is 1. The van der Waals surface area contributed by atoms with E-state index in [2.05, 4.69) is 4.98 Å². The lowest BCUT2D eigenvalue weighted by Gasteiger charge is -2.36. The average Bonchev–Trinajstić information content (AvgIpc) is 2.23. The topological polar surface area (TPSA) is 59.1 Å². The fourth-order valence-corrected chi connectivity index (χ4v) is 2.47. The second kappa shape index (κ2) is 4.08. The molecule has 0 radical (unpaired) electrons. The van der Waals surface area contributed by atoms with Crippen LogP contribution in [0, 0.1) is 0 Å². The van der Waals surface area contributed by atoms with Gasteiger partial charge in [-0.1, -0.05) is 11.6 Å². The lowest BCUT2D eigenvalue weighted by molar-refractivity contribution is 0.0969. The van der Waals surface area contributed by atoms with Gasteiger partial charge in [-0.25, -0.2) is 0 Å². The summed E-state index contributed by atoms with van der Waals surface area (Å²) in [6.07, 6.45) is 6.17. The highest BCUT2D eigenvalue weighted by Crippen LogP contribution is 2.37. The van der Waals surface area contributed by atoms with Gasteiger partial charge in [-0.2, -0.15) is 0 Å². The number of aliphatic hydroxyl groups is 1. The van der Waals surface area contributed by atoms with Crippen molar-refractivity contribution in [2.45, 2.75) is 37.3 Å². The minimum Gasteiger partial charge on any atom is -0.393 e. The molecule has 0 atom stereocenters. The van der Waals surface area contributed by atoms with Gasteiger partial charge in [0.1, 0.15) is 0 Å². The van der Waals surface area contributed by atoms with Gasteiger partial charge < -0.3 is 10.8 Å². The van der Waals surface area contributed by atoms with Gasteiger partial charge in [-0.3, -0.25) is 4.98 Å². The third-order valence-corrected chi connectivity index (χ3v) is 3.46. The summed E-state index contributed by atoms with van der Waals surface area (Å²) in [4.78, 5) is 3.95. The number of pyridine rings is 1. The van der Waals surface area contributed by atoms with E-state index in [9.17, 15) is 5.11 Å². The van der Waals surface area contributed by atoms with Crippen LogP contribution in [0.4, 0.5) is 0 Å². The molecule has 4 heteroatoms. The zero-order chi connectivity index (χ0) is 10.9. The van der Waals surface area contributed by atoms with Crippen molar-refractivity contribution in [2.24, 2.45) is 5.73 Å². The Morgan fingerprint density at radius 3 is 2.73 bits per heavy atom. The molecule has 1 aliphatic rings. The summed E-state index contributed by atoms with van der Waals surface area (Å²) in [7, 11) is 0. The van der Waals surface area contributed by atoms with Gasteiger partial charge >= 0.3 is 0 Å². The minimum atomic E-state index is -0.390.